The minimum absolute atomic E-state index is 0.201. The van der Waals surface area contributed by atoms with Gasteiger partial charge in [0, 0.05) is 12.0 Å². The summed E-state index contributed by atoms with van der Waals surface area (Å²) in [6.07, 6.45) is 6.96. The summed E-state index contributed by atoms with van der Waals surface area (Å²) < 4.78 is 0. The maximum absolute atomic E-state index is 12.2. The first-order chi connectivity index (χ1) is 9.03. The number of Topliss-reactive ketones (excluding diaryl/α,β-unsaturated/α-hetero) is 1. The number of ketones is 1. The lowest BCUT2D eigenvalue weighted by Gasteiger charge is -2.23. The summed E-state index contributed by atoms with van der Waals surface area (Å²) in [7, 11) is 0. The molecule has 0 atom stereocenters. The molecular weight excluding hydrogens is 232 g/mol. The summed E-state index contributed by atoms with van der Waals surface area (Å²) in [5.41, 5.74) is 2.42. The van der Waals surface area contributed by atoms with Gasteiger partial charge >= 0.3 is 0 Å². The monoisotopic (exact) mass is 258 g/mol. The third kappa shape index (κ3) is 3.46. The van der Waals surface area contributed by atoms with Crippen LogP contribution in [0.3, 0.4) is 0 Å². The van der Waals surface area contributed by atoms with Gasteiger partial charge in [0.1, 0.15) is 0 Å². The molecule has 0 spiro atoms. The molecule has 19 heavy (non-hydrogen) atoms. The molecule has 0 aliphatic heterocycles. The highest BCUT2D eigenvalue weighted by atomic mass is 16.1. The molecule has 1 heteroatoms. The van der Waals surface area contributed by atoms with E-state index in [0.29, 0.717) is 11.7 Å². The Balaban J connectivity index is 2.03. The third-order valence-corrected chi connectivity index (χ3v) is 4.82. The highest BCUT2D eigenvalue weighted by Gasteiger charge is 2.21. The van der Waals surface area contributed by atoms with E-state index in [0.717, 1.165) is 18.4 Å². The zero-order chi connectivity index (χ0) is 13.9. The van der Waals surface area contributed by atoms with E-state index in [4.69, 9.17) is 0 Å². The van der Waals surface area contributed by atoms with Crippen molar-refractivity contribution in [2.75, 3.05) is 0 Å². The molecule has 0 aromatic heterocycles. The molecule has 1 aromatic rings. The molecule has 0 saturated heterocycles. The fourth-order valence-electron chi connectivity index (χ4n) is 2.91. The average molecular weight is 258 g/mol. The van der Waals surface area contributed by atoms with E-state index in [2.05, 4.69) is 32.9 Å². The third-order valence-electron chi connectivity index (χ3n) is 4.82. The van der Waals surface area contributed by atoms with Crippen molar-refractivity contribution in [2.45, 2.75) is 64.7 Å². The van der Waals surface area contributed by atoms with E-state index in [9.17, 15) is 4.79 Å². The van der Waals surface area contributed by atoms with Gasteiger partial charge in [-0.15, -0.1) is 0 Å². The van der Waals surface area contributed by atoms with Crippen LogP contribution in [0, 0.1) is 5.92 Å². The maximum Gasteiger partial charge on any atom is 0.163 e. The number of rotatable bonds is 5. The van der Waals surface area contributed by atoms with Crippen LogP contribution in [0.15, 0.2) is 24.3 Å². The molecule has 1 saturated carbocycles. The van der Waals surface area contributed by atoms with Crippen LogP contribution in [0.2, 0.25) is 0 Å². The molecule has 0 bridgehead atoms. The standard InChI is InChI=1S/C18H26O/c1-4-18(2,3)16-11-9-15(10-12-16)17(19)13-14-7-5-6-8-14/h9-12,14H,4-8,13H2,1-3H3. The minimum atomic E-state index is 0.201. The molecule has 1 fully saturated rings. The van der Waals surface area contributed by atoms with Gasteiger partial charge < -0.3 is 0 Å². The first kappa shape index (κ1) is 14.3. The summed E-state index contributed by atoms with van der Waals surface area (Å²) in [5.74, 6) is 0.965. The van der Waals surface area contributed by atoms with Crippen molar-refractivity contribution >= 4 is 5.78 Å². The van der Waals surface area contributed by atoms with Crippen molar-refractivity contribution in [3.8, 4) is 0 Å². The van der Waals surface area contributed by atoms with Crippen LogP contribution in [0.5, 0.6) is 0 Å². The van der Waals surface area contributed by atoms with Crippen LogP contribution in [-0.4, -0.2) is 5.78 Å². The Hall–Kier alpha value is -1.11. The predicted molar refractivity (Wildman–Crippen MR) is 80.7 cm³/mol. The molecule has 104 valence electrons. The Labute approximate surface area is 117 Å². The van der Waals surface area contributed by atoms with Crippen molar-refractivity contribution in [1.82, 2.24) is 0 Å². The molecular formula is C18H26O. The lowest BCUT2D eigenvalue weighted by molar-refractivity contribution is 0.0962. The Morgan fingerprint density at radius 3 is 2.26 bits per heavy atom. The summed E-state index contributed by atoms with van der Waals surface area (Å²) in [5, 5.41) is 0. The zero-order valence-electron chi connectivity index (χ0n) is 12.5. The lowest BCUT2D eigenvalue weighted by atomic mass is 9.82. The first-order valence-electron chi connectivity index (χ1n) is 7.66. The summed E-state index contributed by atoms with van der Waals surface area (Å²) >= 11 is 0. The Morgan fingerprint density at radius 1 is 1.16 bits per heavy atom. The number of carbonyl (C=O) groups is 1. The molecule has 0 unspecified atom stereocenters. The normalized spacial score (nSPS) is 16.8. The van der Waals surface area contributed by atoms with Crippen molar-refractivity contribution in [2.24, 2.45) is 5.92 Å². The fraction of sp³-hybridized carbons (Fsp3) is 0.611. The Bertz CT molecular complexity index is 422. The Morgan fingerprint density at radius 2 is 1.74 bits per heavy atom. The average Bonchev–Trinajstić information content (AvgIpc) is 2.91. The molecule has 1 aliphatic carbocycles. The number of hydrogen-bond acceptors (Lipinski definition) is 1. The van der Waals surface area contributed by atoms with Gasteiger partial charge in [-0.2, -0.15) is 0 Å². The highest BCUT2D eigenvalue weighted by molar-refractivity contribution is 5.96. The second-order valence-electron chi connectivity index (χ2n) is 6.59. The SMILES string of the molecule is CCC(C)(C)c1ccc(C(=O)CC2CCCC2)cc1. The van der Waals surface area contributed by atoms with Crippen LogP contribution in [-0.2, 0) is 5.41 Å². The molecule has 2 rings (SSSR count). The molecule has 1 nitrogen and oxygen atoms in total. The number of hydrogen-bond donors (Lipinski definition) is 0. The molecule has 0 radical (unpaired) electrons. The summed E-state index contributed by atoms with van der Waals surface area (Å²) in [6.45, 7) is 6.71. The quantitative estimate of drug-likeness (QED) is 0.668. The highest BCUT2D eigenvalue weighted by Crippen LogP contribution is 2.30. The molecule has 0 amide bonds. The zero-order valence-corrected chi connectivity index (χ0v) is 12.5. The summed E-state index contributed by atoms with van der Waals surface area (Å²) in [4.78, 5) is 12.2. The maximum atomic E-state index is 12.2. The van der Waals surface area contributed by atoms with Gasteiger partial charge in [0.2, 0.25) is 0 Å². The predicted octanol–water partition coefficient (Wildman–Crippen LogP) is 5.14. The van der Waals surface area contributed by atoms with Crippen LogP contribution >= 0.6 is 0 Å². The topological polar surface area (TPSA) is 17.1 Å². The van der Waals surface area contributed by atoms with Crippen LogP contribution in [0.1, 0.15) is 75.2 Å². The first-order valence-corrected chi connectivity index (χ1v) is 7.66. The van der Waals surface area contributed by atoms with E-state index in [1.807, 2.05) is 12.1 Å². The van der Waals surface area contributed by atoms with Crippen molar-refractivity contribution in [3.05, 3.63) is 35.4 Å². The van der Waals surface area contributed by atoms with Gasteiger partial charge in [-0.25, -0.2) is 0 Å². The summed E-state index contributed by atoms with van der Waals surface area (Å²) in [6, 6.07) is 8.30. The molecule has 0 N–H and O–H groups in total. The van der Waals surface area contributed by atoms with Crippen molar-refractivity contribution < 1.29 is 4.79 Å². The molecule has 0 heterocycles. The second-order valence-corrected chi connectivity index (χ2v) is 6.59. The van der Waals surface area contributed by atoms with Crippen LogP contribution in [0.25, 0.3) is 0 Å². The lowest BCUT2D eigenvalue weighted by Crippen LogP contribution is -2.15. The van der Waals surface area contributed by atoms with Gasteiger partial charge in [-0.05, 0) is 23.3 Å². The molecule has 1 aliphatic rings. The minimum Gasteiger partial charge on any atom is -0.294 e. The number of carbonyl (C=O) groups excluding carboxylic acids is 1. The van der Waals surface area contributed by atoms with Gasteiger partial charge in [-0.1, -0.05) is 70.7 Å². The van der Waals surface area contributed by atoms with Gasteiger partial charge in [0.25, 0.3) is 0 Å². The Kier molecular flexibility index (Phi) is 4.44. The van der Waals surface area contributed by atoms with Crippen molar-refractivity contribution in [1.29, 1.82) is 0 Å². The molecule has 1 aromatic carbocycles. The van der Waals surface area contributed by atoms with Crippen LogP contribution in [0.4, 0.5) is 0 Å². The van der Waals surface area contributed by atoms with Gasteiger partial charge in [0.05, 0.1) is 0 Å². The number of benzene rings is 1. The van der Waals surface area contributed by atoms with Gasteiger partial charge in [-0.3, -0.25) is 4.79 Å². The second kappa shape index (κ2) is 5.90. The fourth-order valence-corrected chi connectivity index (χ4v) is 2.91. The van der Waals surface area contributed by atoms with Gasteiger partial charge in [0.15, 0.2) is 5.78 Å². The van der Waals surface area contributed by atoms with E-state index < -0.39 is 0 Å². The van der Waals surface area contributed by atoms with E-state index >= 15 is 0 Å². The van der Waals surface area contributed by atoms with E-state index in [1.54, 1.807) is 0 Å². The van der Waals surface area contributed by atoms with Crippen molar-refractivity contribution in [3.63, 3.8) is 0 Å². The van der Waals surface area contributed by atoms with E-state index in [-0.39, 0.29) is 5.41 Å². The largest absolute Gasteiger partial charge is 0.294 e. The van der Waals surface area contributed by atoms with Crippen LogP contribution < -0.4 is 0 Å². The van der Waals surface area contributed by atoms with E-state index in [1.165, 1.54) is 31.2 Å². The smallest absolute Gasteiger partial charge is 0.163 e.